The number of carbonyl (C=O) groups excluding carboxylic acids is 1. The quantitative estimate of drug-likeness (QED) is 0.559. The van der Waals surface area contributed by atoms with E-state index in [4.69, 9.17) is 13.9 Å². The molecule has 0 unspecified atom stereocenters. The number of amides is 1. The number of ether oxygens (including phenoxy) is 2. The van der Waals surface area contributed by atoms with E-state index in [-0.39, 0.29) is 5.91 Å². The van der Waals surface area contributed by atoms with Crippen molar-refractivity contribution in [1.82, 2.24) is 25.1 Å². The molecule has 0 radical (unpaired) electrons. The normalized spacial score (nSPS) is 16.1. The van der Waals surface area contributed by atoms with Gasteiger partial charge in [0.2, 0.25) is 12.7 Å². The van der Waals surface area contributed by atoms with Gasteiger partial charge in [-0.1, -0.05) is 12.1 Å². The fourth-order valence-corrected chi connectivity index (χ4v) is 4.02. The van der Waals surface area contributed by atoms with Crippen molar-refractivity contribution in [2.24, 2.45) is 0 Å². The molecule has 1 aromatic carbocycles. The molecule has 0 bridgehead atoms. The van der Waals surface area contributed by atoms with Crippen LogP contribution in [0.3, 0.4) is 0 Å². The molecule has 4 heterocycles. The molecule has 0 spiro atoms. The molecule has 9 nitrogen and oxygen atoms in total. The summed E-state index contributed by atoms with van der Waals surface area (Å²) in [6.45, 7) is 6.02. The van der Waals surface area contributed by atoms with Crippen LogP contribution < -0.4 is 14.8 Å². The molecule has 0 atom stereocenters. The maximum Gasteiger partial charge on any atom is 0.273 e. The number of hydrogen-bond donors (Lipinski definition) is 1. The third kappa shape index (κ3) is 5.50. The van der Waals surface area contributed by atoms with Gasteiger partial charge < -0.3 is 19.2 Å². The summed E-state index contributed by atoms with van der Waals surface area (Å²) in [5, 5.41) is 2.87. The molecule has 2 aliphatic rings. The van der Waals surface area contributed by atoms with Gasteiger partial charge >= 0.3 is 0 Å². The highest BCUT2D eigenvalue weighted by atomic mass is 16.7. The van der Waals surface area contributed by atoms with Crippen molar-refractivity contribution in [3.63, 3.8) is 0 Å². The zero-order valence-corrected chi connectivity index (χ0v) is 18.4. The zero-order chi connectivity index (χ0) is 22.5. The molecule has 1 N–H and O–H groups in total. The molecular weight excluding hydrogens is 422 g/mol. The number of pyridine rings is 1. The summed E-state index contributed by atoms with van der Waals surface area (Å²) in [5.41, 5.74) is 2.47. The van der Waals surface area contributed by atoms with E-state index in [0.29, 0.717) is 37.9 Å². The Kier molecular flexibility index (Phi) is 6.50. The van der Waals surface area contributed by atoms with Crippen LogP contribution in [-0.2, 0) is 19.5 Å². The van der Waals surface area contributed by atoms with E-state index in [1.54, 1.807) is 6.20 Å². The second-order valence-corrected chi connectivity index (χ2v) is 8.19. The lowest BCUT2D eigenvalue weighted by atomic mass is 10.1. The van der Waals surface area contributed by atoms with Crippen LogP contribution in [0.25, 0.3) is 0 Å². The van der Waals surface area contributed by atoms with E-state index in [9.17, 15) is 4.79 Å². The summed E-state index contributed by atoms with van der Waals surface area (Å²) in [6, 6.07) is 11.9. The highest BCUT2D eigenvalue weighted by Gasteiger charge is 2.21. The minimum Gasteiger partial charge on any atom is -0.454 e. The van der Waals surface area contributed by atoms with Crippen LogP contribution in [0.15, 0.2) is 53.3 Å². The predicted octanol–water partition coefficient (Wildman–Crippen LogP) is 2.09. The molecular formula is C24H27N5O4. The SMILES string of the molecule is O=C(NCCc1ccccn1)c1coc(CN2CCN(Cc3ccc4c(c3)OCO4)CC2)n1. The Hall–Kier alpha value is -3.43. The minimum absolute atomic E-state index is 0.227. The van der Waals surface area contributed by atoms with Crippen molar-refractivity contribution in [2.45, 2.75) is 19.5 Å². The number of nitrogens with zero attached hydrogens (tertiary/aromatic N) is 4. The number of aromatic nitrogens is 2. The smallest absolute Gasteiger partial charge is 0.273 e. The van der Waals surface area contributed by atoms with E-state index < -0.39 is 0 Å². The average Bonchev–Trinajstić information content (AvgIpc) is 3.50. The molecule has 9 heteroatoms. The predicted molar refractivity (Wildman–Crippen MR) is 120 cm³/mol. The molecule has 1 fully saturated rings. The van der Waals surface area contributed by atoms with Crippen LogP contribution in [0.1, 0.15) is 27.6 Å². The number of hydrogen-bond acceptors (Lipinski definition) is 8. The Morgan fingerprint density at radius 1 is 1.00 bits per heavy atom. The number of rotatable bonds is 8. The summed E-state index contributed by atoms with van der Waals surface area (Å²) >= 11 is 0. The van der Waals surface area contributed by atoms with E-state index in [1.165, 1.54) is 11.8 Å². The van der Waals surface area contributed by atoms with Gasteiger partial charge in [-0.15, -0.1) is 0 Å². The number of piperazine rings is 1. The third-order valence-electron chi connectivity index (χ3n) is 5.84. The van der Waals surface area contributed by atoms with Gasteiger partial charge in [-0.2, -0.15) is 0 Å². The van der Waals surface area contributed by atoms with Crippen LogP contribution in [0.4, 0.5) is 0 Å². The average molecular weight is 450 g/mol. The second kappa shape index (κ2) is 10.0. The Morgan fingerprint density at radius 3 is 2.64 bits per heavy atom. The molecule has 0 aliphatic carbocycles. The number of oxazole rings is 1. The van der Waals surface area contributed by atoms with Gasteiger partial charge in [-0.3, -0.25) is 19.6 Å². The maximum absolute atomic E-state index is 12.3. The van der Waals surface area contributed by atoms with Gasteiger partial charge in [0.05, 0.1) is 6.54 Å². The first-order valence-electron chi connectivity index (χ1n) is 11.2. The first-order valence-corrected chi connectivity index (χ1v) is 11.2. The summed E-state index contributed by atoms with van der Waals surface area (Å²) in [7, 11) is 0. The van der Waals surface area contributed by atoms with E-state index in [0.717, 1.165) is 49.9 Å². The fourth-order valence-electron chi connectivity index (χ4n) is 4.02. The highest BCUT2D eigenvalue weighted by Crippen LogP contribution is 2.32. The van der Waals surface area contributed by atoms with E-state index in [1.807, 2.05) is 24.3 Å². The van der Waals surface area contributed by atoms with Crippen LogP contribution in [-0.4, -0.2) is 65.2 Å². The van der Waals surface area contributed by atoms with Crippen LogP contribution in [0.2, 0.25) is 0 Å². The summed E-state index contributed by atoms with van der Waals surface area (Å²) in [5.74, 6) is 1.98. The van der Waals surface area contributed by atoms with Crippen molar-refractivity contribution >= 4 is 5.91 Å². The topological polar surface area (TPSA) is 93.0 Å². The summed E-state index contributed by atoms with van der Waals surface area (Å²) in [4.78, 5) is 25.7. The lowest BCUT2D eigenvalue weighted by Gasteiger charge is -2.34. The molecule has 0 saturated carbocycles. The third-order valence-corrected chi connectivity index (χ3v) is 5.84. The molecule has 172 valence electrons. The lowest BCUT2D eigenvalue weighted by molar-refractivity contribution is 0.0948. The Bertz CT molecular complexity index is 1080. The molecule has 3 aromatic rings. The lowest BCUT2D eigenvalue weighted by Crippen LogP contribution is -2.45. The van der Waals surface area contributed by atoms with Crippen molar-refractivity contribution in [2.75, 3.05) is 39.5 Å². The minimum atomic E-state index is -0.227. The fraction of sp³-hybridized carbons (Fsp3) is 0.375. The molecule has 1 saturated heterocycles. The van der Waals surface area contributed by atoms with Crippen LogP contribution in [0.5, 0.6) is 11.5 Å². The first-order chi connectivity index (χ1) is 16.2. The van der Waals surface area contributed by atoms with Gasteiger partial charge in [0.15, 0.2) is 17.2 Å². The number of nitrogens with one attached hydrogen (secondary N) is 1. The van der Waals surface area contributed by atoms with Crippen molar-refractivity contribution in [1.29, 1.82) is 0 Å². The number of carbonyl (C=O) groups is 1. The van der Waals surface area contributed by atoms with E-state index >= 15 is 0 Å². The highest BCUT2D eigenvalue weighted by molar-refractivity contribution is 5.91. The van der Waals surface area contributed by atoms with Gasteiger partial charge in [-0.05, 0) is 29.8 Å². The van der Waals surface area contributed by atoms with Crippen molar-refractivity contribution in [3.05, 3.63) is 71.7 Å². The van der Waals surface area contributed by atoms with Crippen LogP contribution in [0, 0.1) is 0 Å². The number of fused-ring (bicyclic) bond motifs is 1. The standard InChI is InChI=1S/C24H27N5O4/c30-24(26-8-6-19-3-1-2-7-25-19)20-16-31-23(27-20)15-29-11-9-28(10-12-29)14-18-4-5-21-22(13-18)33-17-32-21/h1-5,7,13,16H,6,8-12,14-15,17H2,(H,26,30). The van der Waals surface area contributed by atoms with Gasteiger partial charge in [0.1, 0.15) is 6.26 Å². The monoisotopic (exact) mass is 449 g/mol. The Labute approximate surface area is 192 Å². The molecule has 2 aliphatic heterocycles. The molecule has 5 rings (SSSR count). The van der Waals surface area contributed by atoms with E-state index in [2.05, 4.69) is 37.2 Å². The van der Waals surface area contributed by atoms with Crippen LogP contribution >= 0.6 is 0 Å². The Balaban J connectivity index is 1.05. The molecule has 2 aromatic heterocycles. The largest absolute Gasteiger partial charge is 0.454 e. The van der Waals surface area contributed by atoms with Gasteiger partial charge in [-0.25, -0.2) is 4.98 Å². The number of benzene rings is 1. The second-order valence-electron chi connectivity index (χ2n) is 8.19. The zero-order valence-electron chi connectivity index (χ0n) is 18.4. The van der Waals surface area contributed by atoms with Crippen molar-refractivity contribution in [3.8, 4) is 11.5 Å². The summed E-state index contributed by atoms with van der Waals surface area (Å²) in [6.07, 6.45) is 3.85. The first kappa shape index (κ1) is 21.4. The van der Waals surface area contributed by atoms with Gasteiger partial charge in [0, 0.05) is 57.6 Å². The summed E-state index contributed by atoms with van der Waals surface area (Å²) < 4.78 is 16.4. The van der Waals surface area contributed by atoms with Gasteiger partial charge in [0.25, 0.3) is 5.91 Å². The molecule has 33 heavy (non-hydrogen) atoms. The molecule has 1 amide bonds. The van der Waals surface area contributed by atoms with Crippen molar-refractivity contribution < 1.29 is 18.7 Å². The maximum atomic E-state index is 12.3. The Morgan fingerprint density at radius 2 is 1.82 bits per heavy atom.